The van der Waals surface area contributed by atoms with Crippen molar-refractivity contribution in [2.24, 2.45) is 0 Å². The molecule has 1 fully saturated rings. The molecule has 3 rings (SSSR count). The highest BCUT2D eigenvalue weighted by Crippen LogP contribution is 2.22. The van der Waals surface area contributed by atoms with Crippen LogP contribution in [0.4, 0.5) is 5.69 Å². The molecule has 0 radical (unpaired) electrons. The largest absolute Gasteiger partial charge is 0.497 e. The Bertz CT molecular complexity index is 814. The summed E-state index contributed by atoms with van der Waals surface area (Å²) in [4.78, 5) is 2.48. The summed E-state index contributed by atoms with van der Waals surface area (Å²) in [5.74, 6) is 0.621. The number of morpholine rings is 1. The van der Waals surface area contributed by atoms with Crippen LogP contribution in [0.5, 0.6) is 5.75 Å². The third-order valence-electron chi connectivity index (χ3n) is 4.47. The molecular weight excluding hydrogens is 352 g/mol. The minimum Gasteiger partial charge on any atom is -0.497 e. The predicted molar refractivity (Wildman–Crippen MR) is 101 cm³/mol. The fourth-order valence-electron chi connectivity index (χ4n) is 2.92. The maximum Gasteiger partial charge on any atom is 0.241 e. The van der Waals surface area contributed by atoms with Crippen molar-refractivity contribution < 1.29 is 17.9 Å². The summed E-state index contributed by atoms with van der Waals surface area (Å²) in [5.41, 5.74) is 2.04. The van der Waals surface area contributed by atoms with Crippen LogP contribution in [0.3, 0.4) is 0 Å². The van der Waals surface area contributed by atoms with Crippen molar-refractivity contribution >= 4 is 15.7 Å². The van der Waals surface area contributed by atoms with E-state index in [4.69, 9.17) is 9.47 Å². The molecule has 2 aromatic rings. The van der Waals surface area contributed by atoms with Gasteiger partial charge >= 0.3 is 0 Å². The van der Waals surface area contributed by atoms with Crippen LogP contribution < -0.4 is 14.4 Å². The molecule has 1 saturated heterocycles. The fraction of sp³-hybridized carbons (Fsp3) is 0.368. The topological polar surface area (TPSA) is 67.9 Å². The predicted octanol–water partition coefficient (Wildman–Crippen LogP) is 2.57. The van der Waals surface area contributed by atoms with Gasteiger partial charge in [0.15, 0.2) is 0 Å². The molecule has 0 aromatic heterocycles. The van der Waals surface area contributed by atoms with E-state index in [1.807, 2.05) is 31.2 Å². The van der Waals surface area contributed by atoms with E-state index in [0.717, 1.165) is 37.6 Å². The molecule has 26 heavy (non-hydrogen) atoms. The van der Waals surface area contributed by atoms with Crippen LogP contribution in [0, 0.1) is 0 Å². The van der Waals surface area contributed by atoms with Crippen LogP contribution in [-0.4, -0.2) is 41.8 Å². The average Bonchev–Trinajstić information content (AvgIpc) is 2.68. The molecule has 1 unspecified atom stereocenters. The first-order valence-electron chi connectivity index (χ1n) is 8.58. The molecule has 0 spiro atoms. The van der Waals surface area contributed by atoms with E-state index in [9.17, 15) is 8.42 Å². The van der Waals surface area contributed by atoms with Crippen LogP contribution in [0.15, 0.2) is 53.4 Å². The van der Waals surface area contributed by atoms with Crippen LogP contribution in [0.1, 0.15) is 18.5 Å². The lowest BCUT2D eigenvalue weighted by Crippen LogP contribution is -2.36. The third kappa shape index (κ3) is 4.35. The zero-order chi connectivity index (χ0) is 18.6. The van der Waals surface area contributed by atoms with Crippen molar-refractivity contribution in [2.45, 2.75) is 17.9 Å². The highest BCUT2D eigenvalue weighted by molar-refractivity contribution is 7.89. The van der Waals surface area contributed by atoms with Gasteiger partial charge in [0.1, 0.15) is 5.75 Å². The molecule has 2 aromatic carbocycles. The van der Waals surface area contributed by atoms with E-state index in [0.29, 0.717) is 5.75 Å². The molecule has 0 amide bonds. The van der Waals surface area contributed by atoms with Gasteiger partial charge in [-0.15, -0.1) is 0 Å². The number of sulfonamides is 1. The van der Waals surface area contributed by atoms with Crippen LogP contribution in [0.2, 0.25) is 0 Å². The first-order chi connectivity index (χ1) is 12.5. The van der Waals surface area contributed by atoms with Gasteiger partial charge in [-0.05, 0) is 48.9 Å². The minimum atomic E-state index is -3.60. The molecule has 0 saturated carbocycles. The summed E-state index contributed by atoms with van der Waals surface area (Å²) in [5, 5.41) is 0. The number of benzene rings is 2. The Balaban J connectivity index is 1.69. The van der Waals surface area contributed by atoms with Crippen molar-refractivity contribution in [3.8, 4) is 5.75 Å². The summed E-state index contributed by atoms with van der Waals surface area (Å²) in [6.45, 7) is 5.06. The second kappa shape index (κ2) is 8.07. The molecule has 0 aliphatic carbocycles. The number of anilines is 1. The third-order valence-corrected chi connectivity index (χ3v) is 6.03. The Kier molecular flexibility index (Phi) is 5.80. The lowest BCUT2D eigenvalue weighted by Gasteiger charge is -2.29. The Morgan fingerprint density at radius 2 is 1.65 bits per heavy atom. The second-order valence-electron chi connectivity index (χ2n) is 6.21. The quantitative estimate of drug-likeness (QED) is 0.839. The van der Waals surface area contributed by atoms with Crippen molar-refractivity contribution in [3.05, 3.63) is 54.1 Å². The summed E-state index contributed by atoms with van der Waals surface area (Å²) < 4.78 is 38.3. The monoisotopic (exact) mass is 376 g/mol. The minimum absolute atomic E-state index is 0.218. The van der Waals surface area contributed by atoms with E-state index in [2.05, 4.69) is 9.62 Å². The zero-order valence-electron chi connectivity index (χ0n) is 15.0. The molecule has 140 valence electrons. The van der Waals surface area contributed by atoms with Crippen LogP contribution in [-0.2, 0) is 14.8 Å². The molecule has 1 aliphatic rings. The molecular formula is C19H24N2O4S. The summed E-state index contributed by atoms with van der Waals surface area (Å²) in [7, 11) is -2.05. The van der Waals surface area contributed by atoms with Gasteiger partial charge in [0.25, 0.3) is 0 Å². The van der Waals surface area contributed by atoms with Gasteiger partial charge in [-0.25, -0.2) is 13.1 Å². The van der Waals surface area contributed by atoms with Crippen molar-refractivity contribution in [1.29, 1.82) is 0 Å². The Hall–Kier alpha value is -2.09. The van der Waals surface area contributed by atoms with E-state index < -0.39 is 10.0 Å². The van der Waals surface area contributed by atoms with Gasteiger partial charge in [-0.3, -0.25) is 0 Å². The second-order valence-corrected chi connectivity index (χ2v) is 7.92. The number of nitrogens with one attached hydrogen (secondary N) is 1. The van der Waals surface area contributed by atoms with Gasteiger partial charge < -0.3 is 14.4 Å². The first-order valence-corrected chi connectivity index (χ1v) is 10.1. The van der Waals surface area contributed by atoms with E-state index >= 15 is 0 Å². The molecule has 6 nitrogen and oxygen atoms in total. The van der Waals surface area contributed by atoms with Crippen molar-refractivity contribution in [1.82, 2.24) is 4.72 Å². The highest BCUT2D eigenvalue weighted by atomic mass is 32.2. The first kappa shape index (κ1) is 18.7. The molecule has 1 aliphatic heterocycles. The molecule has 1 N–H and O–H groups in total. The number of nitrogens with zero attached hydrogens (tertiary/aromatic N) is 1. The van der Waals surface area contributed by atoms with Gasteiger partial charge in [0, 0.05) is 24.8 Å². The van der Waals surface area contributed by atoms with E-state index in [-0.39, 0.29) is 10.9 Å². The summed E-state index contributed by atoms with van der Waals surface area (Å²) >= 11 is 0. The SMILES string of the molecule is COc1ccc(S(=O)(=O)NC(C)c2ccc(N3CCOCC3)cc2)cc1. The Morgan fingerprint density at radius 3 is 2.23 bits per heavy atom. The summed E-state index contributed by atoms with van der Waals surface area (Å²) in [6, 6.07) is 14.0. The zero-order valence-corrected chi connectivity index (χ0v) is 15.8. The Labute approximate surface area is 154 Å². The molecule has 1 atom stereocenters. The van der Waals surface area contributed by atoms with Crippen molar-refractivity contribution in [3.63, 3.8) is 0 Å². The fourth-order valence-corrected chi connectivity index (χ4v) is 4.15. The molecule has 1 heterocycles. The van der Waals surface area contributed by atoms with Gasteiger partial charge in [0.2, 0.25) is 10.0 Å². The molecule has 0 bridgehead atoms. The highest BCUT2D eigenvalue weighted by Gasteiger charge is 2.19. The van der Waals surface area contributed by atoms with Gasteiger partial charge in [-0.2, -0.15) is 0 Å². The smallest absolute Gasteiger partial charge is 0.241 e. The number of methoxy groups -OCH3 is 1. The number of hydrogen-bond acceptors (Lipinski definition) is 5. The number of rotatable bonds is 6. The average molecular weight is 376 g/mol. The maximum atomic E-state index is 12.6. The van der Waals surface area contributed by atoms with E-state index in [1.54, 1.807) is 19.2 Å². The normalized spacial score (nSPS) is 16.3. The molecule has 7 heteroatoms. The lowest BCUT2D eigenvalue weighted by atomic mass is 10.1. The number of ether oxygens (including phenoxy) is 2. The van der Waals surface area contributed by atoms with Crippen LogP contribution >= 0.6 is 0 Å². The number of hydrogen-bond donors (Lipinski definition) is 1. The standard InChI is InChI=1S/C19H24N2O4S/c1-15(20-26(22,23)19-9-7-18(24-2)8-10-19)16-3-5-17(6-4-16)21-11-13-25-14-12-21/h3-10,15,20H,11-14H2,1-2H3. The van der Waals surface area contributed by atoms with Gasteiger partial charge in [-0.1, -0.05) is 12.1 Å². The Morgan fingerprint density at radius 1 is 1.04 bits per heavy atom. The van der Waals surface area contributed by atoms with Crippen molar-refractivity contribution in [2.75, 3.05) is 38.3 Å². The maximum absolute atomic E-state index is 12.6. The van der Waals surface area contributed by atoms with Gasteiger partial charge in [0.05, 0.1) is 25.2 Å². The van der Waals surface area contributed by atoms with Crippen LogP contribution in [0.25, 0.3) is 0 Å². The summed E-state index contributed by atoms with van der Waals surface area (Å²) in [6.07, 6.45) is 0. The lowest BCUT2D eigenvalue weighted by molar-refractivity contribution is 0.122. The van der Waals surface area contributed by atoms with E-state index in [1.165, 1.54) is 12.1 Å².